The van der Waals surface area contributed by atoms with Gasteiger partial charge in [0.1, 0.15) is 4.60 Å². The molecule has 5 aromatic rings. The molecule has 0 aliphatic heterocycles. The fourth-order valence-corrected chi connectivity index (χ4v) is 4.57. The number of primary amides is 1. The lowest BCUT2D eigenvalue weighted by Crippen LogP contribution is -2.30. The van der Waals surface area contributed by atoms with Gasteiger partial charge in [-0.3, -0.25) is 9.78 Å². The predicted molar refractivity (Wildman–Crippen MR) is 141 cm³/mol. The molecule has 8 nitrogen and oxygen atoms in total. The lowest BCUT2D eigenvalue weighted by molar-refractivity contribution is 0.0939. The van der Waals surface area contributed by atoms with Crippen LogP contribution in [0.3, 0.4) is 0 Å². The molecular formula is C26H23BrN6O2. The molecule has 0 atom stereocenters. The molecule has 5 rings (SSSR count). The Morgan fingerprint density at radius 1 is 1.11 bits per heavy atom. The van der Waals surface area contributed by atoms with E-state index in [1.54, 1.807) is 30.8 Å². The maximum atomic E-state index is 11.9. The van der Waals surface area contributed by atoms with Crippen molar-refractivity contribution in [3.05, 3.63) is 77.3 Å². The molecule has 3 heterocycles. The number of para-hydroxylation sites is 1. The van der Waals surface area contributed by atoms with Gasteiger partial charge in [0.25, 0.3) is 5.91 Å². The molecule has 0 saturated heterocycles. The van der Waals surface area contributed by atoms with Gasteiger partial charge >= 0.3 is 0 Å². The summed E-state index contributed by atoms with van der Waals surface area (Å²) < 4.78 is 2.42. The maximum Gasteiger partial charge on any atom is 0.269 e. The standard InChI is InChI=1S/C26H23BrN6O2/c1-26(2,35)14-31-20-11-17(13-30-23(20)25(28)34)33-21-9-5-7-18(22(21)24(27)32-33)16-10-15-6-3-4-8-19(15)29-12-16/h3-13,31,35H,14H2,1-2H3,(H2,28,34). The molecule has 176 valence electrons. The van der Waals surface area contributed by atoms with Crippen molar-refractivity contribution in [2.45, 2.75) is 19.4 Å². The van der Waals surface area contributed by atoms with E-state index in [9.17, 15) is 9.90 Å². The number of pyridine rings is 2. The normalized spacial score (nSPS) is 11.8. The van der Waals surface area contributed by atoms with E-state index in [1.165, 1.54) is 0 Å². The molecule has 35 heavy (non-hydrogen) atoms. The number of nitrogens with two attached hydrogens (primary N) is 1. The van der Waals surface area contributed by atoms with Crippen molar-refractivity contribution in [3.63, 3.8) is 0 Å². The van der Waals surface area contributed by atoms with Gasteiger partial charge < -0.3 is 16.2 Å². The molecule has 1 amide bonds. The number of benzene rings is 2. The van der Waals surface area contributed by atoms with Crippen molar-refractivity contribution in [2.24, 2.45) is 5.73 Å². The minimum Gasteiger partial charge on any atom is -0.389 e. The van der Waals surface area contributed by atoms with Crippen LogP contribution in [0.5, 0.6) is 0 Å². The first-order chi connectivity index (χ1) is 16.7. The van der Waals surface area contributed by atoms with Crippen molar-refractivity contribution >= 4 is 49.3 Å². The monoisotopic (exact) mass is 530 g/mol. The molecule has 0 unspecified atom stereocenters. The Labute approximate surface area is 209 Å². The third-order valence-corrected chi connectivity index (χ3v) is 6.18. The number of aliphatic hydroxyl groups is 1. The van der Waals surface area contributed by atoms with Crippen molar-refractivity contribution in [1.29, 1.82) is 0 Å². The van der Waals surface area contributed by atoms with E-state index in [0.717, 1.165) is 32.9 Å². The summed E-state index contributed by atoms with van der Waals surface area (Å²) in [5.41, 5.74) is 9.43. The Hall–Kier alpha value is -3.82. The Balaban J connectivity index is 1.64. The number of carbonyl (C=O) groups excluding carboxylic acids is 1. The molecule has 9 heteroatoms. The Kier molecular flexibility index (Phi) is 5.74. The van der Waals surface area contributed by atoms with E-state index in [-0.39, 0.29) is 12.2 Å². The average Bonchev–Trinajstić information content (AvgIpc) is 3.18. The first-order valence-electron chi connectivity index (χ1n) is 11.0. The van der Waals surface area contributed by atoms with Crippen LogP contribution in [-0.4, -0.2) is 42.9 Å². The smallest absolute Gasteiger partial charge is 0.269 e. The summed E-state index contributed by atoms with van der Waals surface area (Å²) in [6, 6.07) is 17.8. The molecule has 0 aliphatic carbocycles. The van der Waals surface area contributed by atoms with Gasteiger partial charge in [-0.25, -0.2) is 9.67 Å². The highest BCUT2D eigenvalue weighted by atomic mass is 79.9. The fraction of sp³-hybridized carbons (Fsp3) is 0.154. The van der Waals surface area contributed by atoms with Crippen LogP contribution in [0.2, 0.25) is 0 Å². The zero-order chi connectivity index (χ0) is 24.7. The molecule has 0 aliphatic rings. The van der Waals surface area contributed by atoms with Gasteiger partial charge in [-0.05, 0) is 59.6 Å². The number of nitrogens with one attached hydrogen (secondary N) is 1. The Morgan fingerprint density at radius 2 is 1.91 bits per heavy atom. The quantitative estimate of drug-likeness (QED) is 0.293. The van der Waals surface area contributed by atoms with Crippen molar-refractivity contribution in [1.82, 2.24) is 19.7 Å². The molecule has 0 radical (unpaired) electrons. The number of halogens is 1. The van der Waals surface area contributed by atoms with Crippen LogP contribution in [0.1, 0.15) is 24.3 Å². The number of hydrogen-bond acceptors (Lipinski definition) is 6. The van der Waals surface area contributed by atoms with Gasteiger partial charge in [-0.15, -0.1) is 0 Å². The summed E-state index contributed by atoms with van der Waals surface area (Å²) in [5.74, 6) is -0.660. The highest BCUT2D eigenvalue weighted by Crippen LogP contribution is 2.36. The SMILES string of the molecule is CC(C)(O)CNc1cc(-n2nc(Br)c3c(-c4cnc5ccccc5c4)cccc32)cnc1C(N)=O. The molecule has 0 bridgehead atoms. The third-order valence-electron chi connectivity index (χ3n) is 5.63. The minimum atomic E-state index is -0.991. The number of rotatable bonds is 6. The molecule has 4 N–H and O–H groups in total. The zero-order valence-electron chi connectivity index (χ0n) is 19.2. The Bertz CT molecular complexity index is 1590. The number of carbonyl (C=O) groups is 1. The largest absolute Gasteiger partial charge is 0.389 e. The summed E-state index contributed by atoms with van der Waals surface area (Å²) in [7, 11) is 0. The number of fused-ring (bicyclic) bond motifs is 2. The zero-order valence-corrected chi connectivity index (χ0v) is 20.7. The molecular weight excluding hydrogens is 508 g/mol. The van der Waals surface area contributed by atoms with E-state index in [2.05, 4.69) is 37.3 Å². The highest BCUT2D eigenvalue weighted by molar-refractivity contribution is 9.10. The van der Waals surface area contributed by atoms with Gasteiger partial charge in [0.05, 0.1) is 34.2 Å². The van der Waals surface area contributed by atoms with E-state index < -0.39 is 11.5 Å². The number of amides is 1. The van der Waals surface area contributed by atoms with E-state index in [0.29, 0.717) is 16.0 Å². The van der Waals surface area contributed by atoms with Crippen LogP contribution in [0.25, 0.3) is 38.6 Å². The van der Waals surface area contributed by atoms with E-state index >= 15 is 0 Å². The van der Waals surface area contributed by atoms with Crippen molar-refractivity contribution in [2.75, 3.05) is 11.9 Å². The second kappa shape index (κ2) is 8.75. The van der Waals surface area contributed by atoms with E-state index in [1.807, 2.05) is 48.7 Å². The van der Waals surface area contributed by atoms with Crippen LogP contribution >= 0.6 is 15.9 Å². The second-order valence-electron chi connectivity index (χ2n) is 8.94. The minimum absolute atomic E-state index is 0.0939. The summed E-state index contributed by atoms with van der Waals surface area (Å²) in [6.45, 7) is 3.55. The summed E-state index contributed by atoms with van der Waals surface area (Å²) in [4.78, 5) is 20.8. The van der Waals surface area contributed by atoms with Crippen LogP contribution in [0.15, 0.2) is 71.6 Å². The highest BCUT2D eigenvalue weighted by Gasteiger charge is 2.19. The van der Waals surface area contributed by atoms with Gasteiger partial charge in [-0.1, -0.05) is 30.3 Å². The number of aromatic nitrogens is 4. The molecule has 3 aromatic heterocycles. The van der Waals surface area contributed by atoms with Crippen LogP contribution in [-0.2, 0) is 0 Å². The molecule has 0 spiro atoms. The van der Waals surface area contributed by atoms with Crippen molar-refractivity contribution in [3.8, 4) is 16.8 Å². The maximum absolute atomic E-state index is 11.9. The number of hydrogen-bond donors (Lipinski definition) is 3. The summed E-state index contributed by atoms with van der Waals surface area (Å²) in [5, 5.41) is 19.9. The van der Waals surface area contributed by atoms with Crippen LogP contribution < -0.4 is 11.1 Å². The number of nitrogens with zero attached hydrogens (tertiary/aromatic N) is 4. The fourth-order valence-electron chi connectivity index (χ4n) is 3.99. The second-order valence-corrected chi connectivity index (χ2v) is 9.69. The van der Waals surface area contributed by atoms with Gasteiger partial charge in [0, 0.05) is 29.1 Å². The Morgan fingerprint density at radius 3 is 2.69 bits per heavy atom. The van der Waals surface area contributed by atoms with Gasteiger partial charge in [-0.2, -0.15) is 5.10 Å². The van der Waals surface area contributed by atoms with Crippen molar-refractivity contribution < 1.29 is 9.90 Å². The topological polar surface area (TPSA) is 119 Å². The van der Waals surface area contributed by atoms with Crippen LogP contribution in [0.4, 0.5) is 5.69 Å². The van der Waals surface area contributed by atoms with Crippen LogP contribution in [0, 0.1) is 0 Å². The van der Waals surface area contributed by atoms with Gasteiger partial charge in [0.2, 0.25) is 0 Å². The van der Waals surface area contributed by atoms with Gasteiger partial charge in [0.15, 0.2) is 5.69 Å². The third kappa shape index (κ3) is 4.48. The number of anilines is 1. The predicted octanol–water partition coefficient (Wildman–Crippen LogP) is 4.68. The first-order valence-corrected chi connectivity index (χ1v) is 11.8. The molecule has 0 saturated carbocycles. The molecule has 2 aromatic carbocycles. The summed E-state index contributed by atoms with van der Waals surface area (Å²) in [6.07, 6.45) is 3.42. The lowest BCUT2D eigenvalue weighted by Gasteiger charge is -2.19. The lowest BCUT2D eigenvalue weighted by atomic mass is 10.0. The first kappa shape index (κ1) is 22.9. The van der Waals surface area contributed by atoms with E-state index in [4.69, 9.17) is 10.8 Å². The summed E-state index contributed by atoms with van der Waals surface area (Å²) >= 11 is 3.63. The average molecular weight is 531 g/mol. The molecule has 0 fully saturated rings.